The van der Waals surface area contributed by atoms with Crippen molar-refractivity contribution >= 4 is 23.7 Å². The maximum Gasteiger partial charge on any atom is 0.327 e. The number of esters is 2. The van der Waals surface area contributed by atoms with E-state index in [4.69, 9.17) is 33.2 Å². The van der Waals surface area contributed by atoms with Crippen molar-refractivity contribution in [3.8, 4) is 40.2 Å². The lowest BCUT2D eigenvalue weighted by atomic mass is 9.85. The summed E-state index contributed by atoms with van der Waals surface area (Å²) < 4.78 is 41.5. The number of fused-ring (bicyclic) bond motifs is 3. The van der Waals surface area contributed by atoms with Crippen LogP contribution in [0.3, 0.4) is 0 Å². The summed E-state index contributed by atoms with van der Waals surface area (Å²) in [4.78, 5) is 29.2. The fraction of sp³-hybridized carbons (Fsp3) is 0.524. The minimum Gasteiger partial charge on any atom is -0.504 e. The number of ether oxygens (including phenoxy) is 7. The number of thioether (sulfide) groups is 1. The Kier molecular flexibility index (Phi) is 13.7. The monoisotopic (exact) mass is 809 g/mol. The summed E-state index contributed by atoms with van der Waals surface area (Å²) >= 11 is 1.67. The summed E-state index contributed by atoms with van der Waals surface area (Å²) in [6.07, 6.45) is 4.10. The number of aliphatic hydroxyl groups excluding tert-OH is 1. The second-order valence-electron chi connectivity index (χ2n) is 14.5. The molecule has 3 aromatic rings. The van der Waals surface area contributed by atoms with Crippen molar-refractivity contribution in [3.63, 3.8) is 0 Å². The van der Waals surface area contributed by atoms with Crippen LogP contribution >= 0.6 is 11.8 Å². The van der Waals surface area contributed by atoms with Gasteiger partial charge in [0.2, 0.25) is 6.79 Å². The molecule has 3 aliphatic rings. The third-order valence-corrected chi connectivity index (χ3v) is 11.8. The van der Waals surface area contributed by atoms with Crippen LogP contribution < -0.4 is 39.1 Å². The molecule has 3 aromatic carbocycles. The molecule has 0 bridgehead atoms. The zero-order chi connectivity index (χ0) is 41.0. The van der Waals surface area contributed by atoms with E-state index in [0.717, 1.165) is 34.2 Å². The Bertz CT molecular complexity index is 1970. The van der Waals surface area contributed by atoms with Gasteiger partial charge in [-0.15, -0.1) is 0 Å². The van der Waals surface area contributed by atoms with E-state index in [2.05, 4.69) is 21.6 Å². The molecular weight excluding hydrogens is 755 g/mol. The van der Waals surface area contributed by atoms with Gasteiger partial charge in [-0.2, -0.15) is 11.8 Å². The van der Waals surface area contributed by atoms with Crippen molar-refractivity contribution in [2.24, 2.45) is 0 Å². The molecule has 6 rings (SSSR count). The Morgan fingerprint density at radius 1 is 1.04 bits per heavy atom. The summed E-state index contributed by atoms with van der Waals surface area (Å²) in [6, 6.07) is 3.71. The first-order valence-electron chi connectivity index (χ1n) is 19.3. The summed E-state index contributed by atoms with van der Waals surface area (Å²) in [5, 5.41) is 28.0. The lowest BCUT2D eigenvalue weighted by Gasteiger charge is -2.44. The SMILES string of the molecule is CN[C@@H]1c2c(cc(C)c(OC)c2O)CCCN(C(COC(=O)C2NCCc3cc(OCCO)c(OC)cc32)c2c(C)c(OC(C)=O)c(C)c3c2OCO3)C1CSC. The first-order valence-corrected chi connectivity index (χ1v) is 20.7. The number of methoxy groups -OCH3 is 2. The summed E-state index contributed by atoms with van der Waals surface area (Å²) in [5.74, 6) is 2.50. The largest absolute Gasteiger partial charge is 0.504 e. The maximum atomic E-state index is 14.4. The topological polar surface area (TPSA) is 167 Å². The zero-order valence-electron chi connectivity index (χ0n) is 34.0. The van der Waals surface area contributed by atoms with Gasteiger partial charge in [-0.05, 0) is 94.3 Å². The maximum absolute atomic E-state index is 14.4. The molecule has 4 atom stereocenters. The molecule has 57 heavy (non-hydrogen) atoms. The molecule has 0 saturated heterocycles. The van der Waals surface area contributed by atoms with E-state index < -0.39 is 24.0 Å². The van der Waals surface area contributed by atoms with E-state index >= 15 is 0 Å². The van der Waals surface area contributed by atoms with Gasteiger partial charge in [-0.1, -0.05) is 6.07 Å². The summed E-state index contributed by atoms with van der Waals surface area (Å²) in [5.41, 5.74) is 6.29. The zero-order valence-corrected chi connectivity index (χ0v) is 34.9. The fourth-order valence-corrected chi connectivity index (χ4v) is 9.41. The molecule has 0 amide bonds. The quantitative estimate of drug-likeness (QED) is 0.130. The highest BCUT2D eigenvalue weighted by Gasteiger charge is 2.42. The van der Waals surface area contributed by atoms with Crippen LogP contribution in [0, 0.1) is 20.8 Å². The van der Waals surface area contributed by atoms with Gasteiger partial charge >= 0.3 is 11.9 Å². The predicted octanol–water partition coefficient (Wildman–Crippen LogP) is 4.77. The lowest BCUT2D eigenvalue weighted by Crippen LogP contribution is -2.50. The van der Waals surface area contributed by atoms with Crippen LogP contribution in [0.25, 0.3) is 0 Å². The molecule has 4 N–H and O–H groups in total. The Morgan fingerprint density at radius 2 is 1.81 bits per heavy atom. The van der Waals surface area contributed by atoms with Crippen LogP contribution in [-0.2, 0) is 27.2 Å². The molecule has 3 unspecified atom stereocenters. The number of aromatic hydroxyl groups is 1. The van der Waals surface area contributed by atoms with Gasteiger partial charge in [0.25, 0.3) is 0 Å². The highest BCUT2D eigenvalue weighted by molar-refractivity contribution is 7.98. The average Bonchev–Trinajstić information content (AvgIpc) is 3.68. The lowest BCUT2D eigenvalue weighted by molar-refractivity contribution is -0.149. The van der Waals surface area contributed by atoms with Crippen molar-refractivity contribution in [2.75, 3.05) is 73.0 Å². The van der Waals surface area contributed by atoms with Crippen molar-refractivity contribution in [2.45, 2.75) is 71.1 Å². The molecule has 0 spiro atoms. The Morgan fingerprint density at radius 3 is 2.49 bits per heavy atom. The van der Waals surface area contributed by atoms with E-state index in [0.29, 0.717) is 82.9 Å². The van der Waals surface area contributed by atoms with E-state index in [1.165, 1.54) is 14.0 Å². The molecule has 3 aliphatic heterocycles. The van der Waals surface area contributed by atoms with Gasteiger partial charge < -0.3 is 54.0 Å². The molecule has 0 saturated carbocycles. The Hall–Kier alpha value is -4.41. The van der Waals surface area contributed by atoms with Crippen LogP contribution in [0.15, 0.2) is 18.2 Å². The highest BCUT2D eigenvalue weighted by atomic mass is 32.2. The van der Waals surface area contributed by atoms with Crippen LogP contribution in [0.2, 0.25) is 0 Å². The molecule has 15 heteroatoms. The number of likely N-dealkylation sites (N-methyl/N-ethyl adjacent to an activating group) is 1. The van der Waals surface area contributed by atoms with Gasteiger partial charge in [-0.3, -0.25) is 9.69 Å². The average molecular weight is 810 g/mol. The van der Waals surface area contributed by atoms with Crippen LogP contribution in [0.1, 0.15) is 76.0 Å². The van der Waals surface area contributed by atoms with Crippen molar-refractivity contribution in [3.05, 3.63) is 62.7 Å². The van der Waals surface area contributed by atoms with E-state index in [1.54, 1.807) is 24.9 Å². The first kappa shape index (κ1) is 42.2. The Labute approximate surface area is 338 Å². The number of aryl methyl sites for hydroxylation is 2. The second-order valence-corrected chi connectivity index (χ2v) is 15.4. The molecule has 14 nitrogen and oxygen atoms in total. The van der Waals surface area contributed by atoms with Crippen molar-refractivity contribution in [1.82, 2.24) is 15.5 Å². The molecule has 310 valence electrons. The third-order valence-electron chi connectivity index (χ3n) is 11.1. The standard InChI is InChI=1S/C42H55N3O11S/c1-22-16-27-10-9-13-45(30(20-57-8)36(43-5)34(27)37(48)38(22)51-7)29(33-23(2)39(56-25(4)47)24(3)40-41(33)55-21-54-40)19-53-42(49)35-28-18-31(50-6)32(52-15-14-46)17-26(28)11-12-44-35/h16-18,29-30,35-36,43-44,46,48H,9-15,19-21H2,1-8H3/t29?,30?,35?,36-/m0/s1. The van der Waals surface area contributed by atoms with Gasteiger partial charge in [0.1, 0.15) is 25.0 Å². The molecule has 0 aliphatic carbocycles. The number of phenolic OH excluding ortho intramolecular Hbond substituents is 1. The smallest absolute Gasteiger partial charge is 0.327 e. The predicted molar refractivity (Wildman–Crippen MR) is 215 cm³/mol. The second kappa shape index (κ2) is 18.5. The minimum absolute atomic E-state index is 0.0267. The normalized spacial score (nSPS) is 19.4. The number of nitrogens with zero attached hydrogens (tertiary/aromatic N) is 1. The molecule has 3 heterocycles. The molecule has 0 fully saturated rings. The van der Waals surface area contributed by atoms with E-state index in [1.807, 2.05) is 40.1 Å². The number of phenols is 1. The number of benzene rings is 3. The summed E-state index contributed by atoms with van der Waals surface area (Å²) in [7, 11) is 4.97. The number of hydrogen-bond donors (Lipinski definition) is 4. The van der Waals surface area contributed by atoms with Crippen LogP contribution in [0.4, 0.5) is 0 Å². The first-order chi connectivity index (χ1) is 27.5. The molecule has 0 radical (unpaired) electrons. The number of nitrogens with one attached hydrogen (secondary N) is 2. The molecular formula is C42H55N3O11S. The van der Waals surface area contributed by atoms with Crippen LogP contribution in [-0.4, -0.2) is 106 Å². The number of hydrogen-bond acceptors (Lipinski definition) is 15. The van der Waals surface area contributed by atoms with E-state index in [-0.39, 0.29) is 44.4 Å². The third kappa shape index (κ3) is 8.31. The van der Waals surface area contributed by atoms with Crippen molar-refractivity contribution < 1.29 is 53.0 Å². The number of rotatable bonds is 14. The highest BCUT2D eigenvalue weighted by Crippen LogP contribution is 2.51. The number of carbonyl (C=O) groups is 2. The fourth-order valence-electron chi connectivity index (χ4n) is 8.69. The molecule has 0 aromatic heterocycles. The van der Waals surface area contributed by atoms with Crippen LogP contribution in [0.5, 0.6) is 40.2 Å². The van der Waals surface area contributed by atoms with Crippen molar-refractivity contribution in [1.29, 1.82) is 0 Å². The van der Waals surface area contributed by atoms with E-state index in [9.17, 15) is 19.8 Å². The number of aliphatic hydroxyl groups is 1. The van der Waals surface area contributed by atoms with Gasteiger partial charge in [-0.25, -0.2) is 4.79 Å². The summed E-state index contributed by atoms with van der Waals surface area (Å²) in [6.45, 7) is 7.99. The van der Waals surface area contributed by atoms with Gasteiger partial charge in [0, 0.05) is 47.5 Å². The number of carbonyl (C=O) groups excluding carboxylic acids is 2. The Balaban J connectivity index is 1.47. The van der Waals surface area contributed by atoms with Gasteiger partial charge in [0.15, 0.2) is 34.5 Å². The minimum atomic E-state index is -0.796. The van der Waals surface area contributed by atoms with Gasteiger partial charge in [0.05, 0.1) is 32.9 Å².